The molecule has 2 rings (SSSR count). The second-order valence-corrected chi connectivity index (χ2v) is 3.01. The summed E-state index contributed by atoms with van der Waals surface area (Å²) in [5.41, 5.74) is -0.0390. The molecule has 0 aromatic carbocycles. The molecule has 0 unspecified atom stereocenters. The standard InChI is InChI=1S/C10H7N3O3/c14-9-6(10(15)16)1-2-7(13-9)8-5-11-3-4-12-8/h1-5H,(H,13,14)(H,15,16). The van der Waals surface area contributed by atoms with Crippen molar-refractivity contribution in [2.75, 3.05) is 0 Å². The van der Waals surface area contributed by atoms with E-state index in [0.717, 1.165) is 0 Å². The molecule has 0 bridgehead atoms. The van der Waals surface area contributed by atoms with Gasteiger partial charge in [0, 0.05) is 12.4 Å². The number of carboxylic acids is 1. The van der Waals surface area contributed by atoms with Crippen LogP contribution in [0.25, 0.3) is 11.4 Å². The Balaban J connectivity index is 2.51. The van der Waals surface area contributed by atoms with Crippen molar-refractivity contribution >= 4 is 5.97 Å². The number of hydrogen-bond acceptors (Lipinski definition) is 4. The zero-order valence-electron chi connectivity index (χ0n) is 8.04. The first-order chi connectivity index (χ1) is 7.68. The highest BCUT2D eigenvalue weighted by atomic mass is 16.4. The monoisotopic (exact) mass is 217 g/mol. The molecule has 6 heteroatoms. The van der Waals surface area contributed by atoms with Gasteiger partial charge in [-0.3, -0.25) is 14.8 Å². The SMILES string of the molecule is O=C(O)c1ccc(-c2cnccn2)[nH]c1=O. The van der Waals surface area contributed by atoms with Gasteiger partial charge in [-0.25, -0.2) is 4.79 Å². The van der Waals surface area contributed by atoms with Gasteiger partial charge in [-0.2, -0.15) is 0 Å². The van der Waals surface area contributed by atoms with E-state index in [0.29, 0.717) is 11.4 Å². The second-order valence-electron chi connectivity index (χ2n) is 3.01. The largest absolute Gasteiger partial charge is 0.477 e. The Kier molecular flexibility index (Phi) is 2.47. The van der Waals surface area contributed by atoms with E-state index in [-0.39, 0.29) is 5.56 Å². The van der Waals surface area contributed by atoms with Crippen molar-refractivity contribution in [3.8, 4) is 11.4 Å². The van der Waals surface area contributed by atoms with E-state index in [4.69, 9.17) is 5.11 Å². The van der Waals surface area contributed by atoms with Crippen molar-refractivity contribution in [2.24, 2.45) is 0 Å². The lowest BCUT2D eigenvalue weighted by Crippen LogP contribution is -2.17. The Morgan fingerprint density at radius 3 is 2.69 bits per heavy atom. The zero-order valence-corrected chi connectivity index (χ0v) is 8.04. The van der Waals surface area contributed by atoms with Gasteiger partial charge in [0.2, 0.25) is 0 Å². The first kappa shape index (κ1) is 10.0. The number of carboxylic acid groups (broad SMARTS) is 1. The Morgan fingerprint density at radius 2 is 2.12 bits per heavy atom. The third-order valence-corrected chi connectivity index (χ3v) is 1.98. The summed E-state index contributed by atoms with van der Waals surface area (Å²) < 4.78 is 0. The van der Waals surface area contributed by atoms with Crippen molar-refractivity contribution in [1.82, 2.24) is 15.0 Å². The molecule has 0 radical (unpaired) electrons. The number of aromatic nitrogens is 3. The predicted molar refractivity (Wildman–Crippen MR) is 55.0 cm³/mol. The summed E-state index contributed by atoms with van der Waals surface area (Å²) in [6.45, 7) is 0. The highest BCUT2D eigenvalue weighted by molar-refractivity contribution is 5.87. The fourth-order valence-electron chi connectivity index (χ4n) is 1.23. The van der Waals surface area contributed by atoms with E-state index in [2.05, 4.69) is 15.0 Å². The molecule has 0 saturated carbocycles. The molecule has 2 N–H and O–H groups in total. The van der Waals surface area contributed by atoms with Crippen molar-refractivity contribution in [3.63, 3.8) is 0 Å². The molecule has 0 aliphatic rings. The number of aromatic amines is 1. The molecule has 6 nitrogen and oxygen atoms in total. The summed E-state index contributed by atoms with van der Waals surface area (Å²) >= 11 is 0. The van der Waals surface area contributed by atoms with Crippen molar-refractivity contribution < 1.29 is 9.90 Å². The number of carbonyl (C=O) groups is 1. The number of aromatic carboxylic acids is 1. The van der Waals surface area contributed by atoms with Gasteiger partial charge in [0.15, 0.2) is 0 Å². The summed E-state index contributed by atoms with van der Waals surface area (Å²) in [6.07, 6.45) is 4.47. The van der Waals surface area contributed by atoms with Gasteiger partial charge in [0.1, 0.15) is 11.3 Å². The van der Waals surface area contributed by atoms with Crippen molar-refractivity contribution in [3.05, 3.63) is 46.6 Å². The molecule has 0 atom stereocenters. The molecule has 0 saturated heterocycles. The number of nitrogens with one attached hydrogen (secondary N) is 1. The lowest BCUT2D eigenvalue weighted by molar-refractivity contribution is 0.0695. The smallest absolute Gasteiger partial charge is 0.341 e. The van der Waals surface area contributed by atoms with Gasteiger partial charge in [-0.15, -0.1) is 0 Å². The molecular weight excluding hydrogens is 210 g/mol. The van der Waals surface area contributed by atoms with E-state index in [1.54, 1.807) is 0 Å². The van der Waals surface area contributed by atoms with Crippen LogP contribution in [0.3, 0.4) is 0 Å². The van der Waals surface area contributed by atoms with Crippen LogP contribution in [0.5, 0.6) is 0 Å². The lowest BCUT2D eigenvalue weighted by Gasteiger charge is -1.99. The van der Waals surface area contributed by atoms with Gasteiger partial charge in [-0.05, 0) is 12.1 Å². The topological polar surface area (TPSA) is 95.9 Å². The Bertz CT molecular complexity index is 577. The number of H-pyrrole nitrogens is 1. The average molecular weight is 217 g/mol. The van der Waals surface area contributed by atoms with Crippen LogP contribution >= 0.6 is 0 Å². The normalized spacial score (nSPS) is 10.0. The molecule has 80 valence electrons. The molecule has 0 amide bonds. The fourth-order valence-corrected chi connectivity index (χ4v) is 1.23. The van der Waals surface area contributed by atoms with Crippen molar-refractivity contribution in [2.45, 2.75) is 0 Å². The second kappa shape index (κ2) is 3.93. The van der Waals surface area contributed by atoms with Crippen LogP contribution < -0.4 is 5.56 Å². The van der Waals surface area contributed by atoms with E-state index >= 15 is 0 Å². The minimum Gasteiger partial charge on any atom is -0.477 e. The Hall–Kier alpha value is -2.50. The molecule has 16 heavy (non-hydrogen) atoms. The number of rotatable bonds is 2. The summed E-state index contributed by atoms with van der Waals surface area (Å²) in [5.74, 6) is -1.26. The first-order valence-corrected chi connectivity index (χ1v) is 4.41. The lowest BCUT2D eigenvalue weighted by atomic mass is 10.2. The van der Waals surface area contributed by atoms with Crippen LogP contribution in [0, 0.1) is 0 Å². The first-order valence-electron chi connectivity index (χ1n) is 4.41. The predicted octanol–water partition coefficient (Wildman–Crippen LogP) is 0.530. The summed E-state index contributed by atoms with van der Waals surface area (Å²) in [6, 6.07) is 2.72. The van der Waals surface area contributed by atoms with Gasteiger partial charge >= 0.3 is 5.97 Å². The molecule has 0 spiro atoms. The minimum absolute atomic E-state index is 0.298. The maximum Gasteiger partial charge on any atom is 0.341 e. The maximum absolute atomic E-state index is 11.4. The quantitative estimate of drug-likeness (QED) is 0.764. The van der Waals surface area contributed by atoms with Gasteiger partial charge < -0.3 is 10.1 Å². The molecule has 0 fully saturated rings. The average Bonchev–Trinajstić information content (AvgIpc) is 2.29. The summed E-state index contributed by atoms with van der Waals surface area (Å²) in [7, 11) is 0. The molecule has 2 aromatic rings. The van der Waals surface area contributed by atoms with E-state index in [1.165, 1.54) is 30.7 Å². The van der Waals surface area contributed by atoms with Gasteiger partial charge in [-0.1, -0.05) is 0 Å². The highest BCUT2D eigenvalue weighted by Crippen LogP contribution is 2.10. The number of pyridine rings is 1. The van der Waals surface area contributed by atoms with Gasteiger partial charge in [0.25, 0.3) is 5.56 Å². The maximum atomic E-state index is 11.4. The van der Waals surface area contributed by atoms with Crippen LogP contribution in [-0.4, -0.2) is 26.0 Å². The van der Waals surface area contributed by atoms with Gasteiger partial charge in [0.05, 0.1) is 11.9 Å². The van der Waals surface area contributed by atoms with Crippen LogP contribution in [0.1, 0.15) is 10.4 Å². The van der Waals surface area contributed by atoms with Crippen LogP contribution in [0.4, 0.5) is 0 Å². The number of hydrogen-bond donors (Lipinski definition) is 2. The van der Waals surface area contributed by atoms with E-state index in [1.807, 2.05) is 0 Å². The highest BCUT2D eigenvalue weighted by Gasteiger charge is 2.09. The summed E-state index contributed by atoms with van der Waals surface area (Å²) in [5, 5.41) is 8.68. The fraction of sp³-hybridized carbons (Fsp3) is 0. The zero-order chi connectivity index (χ0) is 11.5. The minimum atomic E-state index is -1.26. The van der Waals surface area contributed by atoms with Crippen molar-refractivity contribution in [1.29, 1.82) is 0 Å². The van der Waals surface area contributed by atoms with E-state index < -0.39 is 11.5 Å². The molecule has 2 heterocycles. The Morgan fingerprint density at radius 1 is 1.31 bits per heavy atom. The third-order valence-electron chi connectivity index (χ3n) is 1.98. The molecular formula is C10H7N3O3. The molecule has 0 aliphatic carbocycles. The summed E-state index contributed by atoms with van der Waals surface area (Å²) in [4.78, 5) is 32.3. The van der Waals surface area contributed by atoms with Crippen LogP contribution in [0.15, 0.2) is 35.5 Å². The molecule has 0 aliphatic heterocycles. The van der Waals surface area contributed by atoms with E-state index in [9.17, 15) is 9.59 Å². The van der Waals surface area contributed by atoms with Crippen LogP contribution in [0.2, 0.25) is 0 Å². The van der Waals surface area contributed by atoms with Crippen LogP contribution in [-0.2, 0) is 0 Å². The Labute approximate surface area is 89.6 Å². The molecule has 2 aromatic heterocycles. The third kappa shape index (κ3) is 1.81. The number of nitrogens with zero attached hydrogens (tertiary/aromatic N) is 2.